The number of carbonyl (C=O) groups is 1. The Labute approximate surface area is 148 Å². The summed E-state index contributed by atoms with van der Waals surface area (Å²) in [5.74, 6) is 0.457. The van der Waals surface area contributed by atoms with Gasteiger partial charge in [0.1, 0.15) is 5.82 Å². The predicted molar refractivity (Wildman–Crippen MR) is 91.7 cm³/mol. The molecule has 1 fully saturated rings. The van der Waals surface area contributed by atoms with Gasteiger partial charge in [0.25, 0.3) is 5.89 Å². The number of benzene rings is 1. The van der Waals surface area contributed by atoms with Crippen LogP contribution < -0.4 is 0 Å². The number of halogens is 1. The molecule has 1 aliphatic heterocycles. The number of likely N-dealkylation sites (tertiary alicyclic amines) is 1. The Balaban J connectivity index is 1.43. The highest BCUT2D eigenvalue weighted by atomic mass is 32.1. The van der Waals surface area contributed by atoms with Crippen LogP contribution in [0.5, 0.6) is 0 Å². The lowest BCUT2D eigenvalue weighted by molar-refractivity contribution is -0.127. The van der Waals surface area contributed by atoms with Crippen LogP contribution in [0.25, 0.3) is 11.5 Å². The van der Waals surface area contributed by atoms with Crippen molar-refractivity contribution in [2.24, 2.45) is 0 Å². The first-order valence-electron chi connectivity index (χ1n) is 8.09. The summed E-state index contributed by atoms with van der Waals surface area (Å²) >= 11 is 1.70. The van der Waals surface area contributed by atoms with Crippen molar-refractivity contribution in [2.75, 3.05) is 13.1 Å². The summed E-state index contributed by atoms with van der Waals surface area (Å²) in [6.07, 6.45) is 1.24. The summed E-state index contributed by atoms with van der Waals surface area (Å²) in [4.78, 5) is 19.7. The topological polar surface area (TPSA) is 59.2 Å². The van der Waals surface area contributed by atoms with Gasteiger partial charge >= 0.3 is 0 Å². The van der Waals surface area contributed by atoms with Crippen LogP contribution in [-0.2, 0) is 11.2 Å². The molecule has 128 valence electrons. The van der Waals surface area contributed by atoms with Gasteiger partial charge in [-0.1, -0.05) is 17.3 Å². The van der Waals surface area contributed by atoms with Gasteiger partial charge in [0.2, 0.25) is 5.91 Å². The molecule has 25 heavy (non-hydrogen) atoms. The molecule has 0 spiro atoms. The molecule has 1 aromatic carbocycles. The average molecular weight is 357 g/mol. The third kappa shape index (κ3) is 3.46. The normalized spacial score (nSPS) is 17.4. The van der Waals surface area contributed by atoms with E-state index in [2.05, 4.69) is 16.2 Å². The molecule has 2 aromatic heterocycles. The third-order valence-electron chi connectivity index (χ3n) is 4.30. The van der Waals surface area contributed by atoms with Crippen LogP contribution in [-0.4, -0.2) is 34.0 Å². The monoisotopic (exact) mass is 357 g/mol. The molecule has 1 aliphatic rings. The standard InChI is InChI=1S/C18H16FN3O2S/c19-14-4-1-3-12(9-14)18-20-17(21-24-18)13-10-16(23)22(11-13)7-6-15-5-2-8-25-15/h1-5,8-9,13H,6-7,10-11H2. The van der Waals surface area contributed by atoms with Gasteiger partial charge in [-0.25, -0.2) is 4.39 Å². The van der Waals surface area contributed by atoms with Gasteiger partial charge in [0.05, 0.1) is 0 Å². The first-order chi connectivity index (χ1) is 12.2. The highest BCUT2D eigenvalue weighted by Crippen LogP contribution is 2.28. The molecule has 4 rings (SSSR count). The van der Waals surface area contributed by atoms with E-state index >= 15 is 0 Å². The summed E-state index contributed by atoms with van der Waals surface area (Å²) in [6, 6.07) is 10.1. The van der Waals surface area contributed by atoms with Gasteiger partial charge in [-0.15, -0.1) is 11.3 Å². The number of thiophene rings is 1. The zero-order valence-corrected chi connectivity index (χ0v) is 14.2. The summed E-state index contributed by atoms with van der Waals surface area (Å²) in [7, 11) is 0. The molecule has 0 saturated carbocycles. The van der Waals surface area contributed by atoms with Crippen molar-refractivity contribution in [3.05, 3.63) is 58.3 Å². The fraction of sp³-hybridized carbons (Fsp3) is 0.278. The van der Waals surface area contributed by atoms with E-state index in [1.165, 1.54) is 17.0 Å². The Morgan fingerprint density at radius 3 is 3.04 bits per heavy atom. The van der Waals surface area contributed by atoms with Gasteiger partial charge in [0, 0.05) is 35.9 Å². The molecule has 0 bridgehead atoms. The van der Waals surface area contributed by atoms with Gasteiger partial charge in [-0.2, -0.15) is 4.98 Å². The predicted octanol–water partition coefficient (Wildman–Crippen LogP) is 3.50. The maximum atomic E-state index is 13.3. The first kappa shape index (κ1) is 16.0. The highest BCUT2D eigenvalue weighted by Gasteiger charge is 2.33. The molecular formula is C18H16FN3O2S. The summed E-state index contributed by atoms with van der Waals surface area (Å²) in [5, 5.41) is 6.04. The number of hydrogen-bond acceptors (Lipinski definition) is 5. The average Bonchev–Trinajstić information content (AvgIpc) is 3.34. The third-order valence-corrected chi connectivity index (χ3v) is 5.24. The first-order valence-corrected chi connectivity index (χ1v) is 8.97. The molecule has 1 amide bonds. The van der Waals surface area contributed by atoms with Crippen LogP contribution in [0, 0.1) is 5.82 Å². The largest absolute Gasteiger partial charge is 0.342 e. The Bertz CT molecular complexity index is 878. The molecule has 0 N–H and O–H groups in total. The molecule has 3 heterocycles. The van der Waals surface area contributed by atoms with E-state index < -0.39 is 0 Å². The molecule has 7 heteroatoms. The van der Waals surface area contributed by atoms with E-state index in [-0.39, 0.29) is 23.5 Å². The molecule has 0 aliphatic carbocycles. The van der Waals surface area contributed by atoms with Crippen molar-refractivity contribution >= 4 is 17.2 Å². The van der Waals surface area contributed by atoms with E-state index in [1.807, 2.05) is 16.3 Å². The quantitative estimate of drug-likeness (QED) is 0.701. The number of carbonyl (C=O) groups excluding carboxylic acids is 1. The summed E-state index contributed by atoms with van der Waals surface area (Å²) in [6.45, 7) is 1.29. The number of aromatic nitrogens is 2. The minimum absolute atomic E-state index is 0.0816. The Morgan fingerprint density at radius 2 is 2.24 bits per heavy atom. The smallest absolute Gasteiger partial charge is 0.258 e. The number of rotatable bonds is 5. The van der Waals surface area contributed by atoms with Crippen molar-refractivity contribution in [1.82, 2.24) is 15.0 Å². The number of amides is 1. The Hall–Kier alpha value is -2.54. The molecule has 5 nitrogen and oxygen atoms in total. The zero-order valence-electron chi connectivity index (χ0n) is 13.4. The zero-order chi connectivity index (χ0) is 17.2. The van der Waals surface area contributed by atoms with Crippen LogP contribution in [0.1, 0.15) is 23.0 Å². The van der Waals surface area contributed by atoms with Crippen molar-refractivity contribution in [3.63, 3.8) is 0 Å². The minimum atomic E-state index is -0.354. The van der Waals surface area contributed by atoms with E-state index in [1.54, 1.807) is 23.5 Å². The maximum absolute atomic E-state index is 13.3. The van der Waals surface area contributed by atoms with Crippen LogP contribution >= 0.6 is 11.3 Å². The van der Waals surface area contributed by atoms with Crippen molar-refractivity contribution in [2.45, 2.75) is 18.8 Å². The maximum Gasteiger partial charge on any atom is 0.258 e. The lowest BCUT2D eigenvalue weighted by Gasteiger charge is -2.15. The van der Waals surface area contributed by atoms with Crippen molar-refractivity contribution in [1.29, 1.82) is 0 Å². The van der Waals surface area contributed by atoms with Crippen LogP contribution in [0.4, 0.5) is 4.39 Å². The fourth-order valence-corrected chi connectivity index (χ4v) is 3.70. The molecule has 1 unspecified atom stereocenters. The van der Waals surface area contributed by atoms with E-state index in [0.717, 1.165) is 6.42 Å². The van der Waals surface area contributed by atoms with E-state index in [0.29, 0.717) is 30.9 Å². The SMILES string of the molecule is O=C1CC(c2noc(-c3cccc(F)c3)n2)CN1CCc1cccs1. The second-order valence-corrected chi connectivity index (χ2v) is 7.07. The number of nitrogens with zero attached hydrogens (tertiary/aromatic N) is 3. The Morgan fingerprint density at radius 1 is 1.32 bits per heavy atom. The molecule has 0 radical (unpaired) electrons. The minimum Gasteiger partial charge on any atom is -0.342 e. The lowest BCUT2D eigenvalue weighted by Crippen LogP contribution is -2.27. The molecule has 1 saturated heterocycles. The van der Waals surface area contributed by atoms with Crippen molar-refractivity contribution in [3.8, 4) is 11.5 Å². The summed E-state index contributed by atoms with van der Waals surface area (Å²) < 4.78 is 18.6. The fourth-order valence-electron chi connectivity index (χ4n) is 3.00. The molecular weight excluding hydrogens is 341 g/mol. The second kappa shape index (κ2) is 6.76. The van der Waals surface area contributed by atoms with Gasteiger partial charge in [-0.3, -0.25) is 4.79 Å². The second-order valence-electron chi connectivity index (χ2n) is 6.04. The van der Waals surface area contributed by atoms with Gasteiger partial charge < -0.3 is 9.42 Å². The van der Waals surface area contributed by atoms with Crippen LogP contribution in [0.3, 0.4) is 0 Å². The van der Waals surface area contributed by atoms with E-state index in [4.69, 9.17) is 4.52 Å². The van der Waals surface area contributed by atoms with Crippen LogP contribution in [0.2, 0.25) is 0 Å². The van der Waals surface area contributed by atoms with Crippen LogP contribution in [0.15, 0.2) is 46.3 Å². The van der Waals surface area contributed by atoms with E-state index in [9.17, 15) is 9.18 Å². The molecule has 3 aromatic rings. The Kier molecular flexibility index (Phi) is 4.31. The van der Waals surface area contributed by atoms with Gasteiger partial charge in [-0.05, 0) is 36.1 Å². The highest BCUT2D eigenvalue weighted by molar-refractivity contribution is 7.09. The number of hydrogen-bond donors (Lipinski definition) is 0. The lowest BCUT2D eigenvalue weighted by atomic mass is 10.1. The van der Waals surface area contributed by atoms with Gasteiger partial charge in [0.15, 0.2) is 5.82 Å². The molecule has 1 atom stereocenters. The van der Waals surface area contributed by atoms with Crippen molar-refractivity contribution < 1.29 is 13.7 Å². The summed E-state index contributed by atoms with van der Waals surface area (Å²) in [5.41, 5.74) is 0.539.